The van der Waals surface area contributed by atoms with Crippen molar-refractivity contribution in [3.8, 4) is 0 Å². The van der Waals surface area contributed by atoms with Crippen LogP contribution in [0.3, 0.4) is 0 Å². The van der Waals surface area contributed by atoms with Gasteiger partial charge in [-0.25, -0.2) is 0 Å². The van der Waals surface area contributed by atoms with Gasteiger partial charge in [-0.2, -0.15) is 5.10 Å². The van der Waals surface area contributed by atoms with Crippen LogP contribution in [0.2, 0.25) is 0 Å². The quantitative estimate of drug-likeness (QED) is 0.166. The van der Waals surface area contributed by atoms with Crippen molar-refractivity contribution in [3.05, 3.63) is 131 Å². The molecular weight excluding hydrogens is 486 g/mol. The van der Waals surface area contributed by atoms with Crippen LogP contribution in [0.1, 0.15) is 42.1 Å². The zero-order chi connectivity index (χ0) is 27.1. The Kier molecular flexibility index (Phi) is 8.13. The number of esters is 1. The summed E-state index contributed by atoms with van der Waals surface area (Å²) >= 11 is 0. The summed E-state index contributed by atoms with van der Waals surface area (Å²) in [6.45, 7) is 3.70. The van der Waals surface area contributed by atoms with Crippen molar-refractivity contribution in [1.82, 2.24) is 14.7 Å². The van der Waals surface area contributed by atoms with Crippen molar-refractivity contribution < 1.29 is 14.3 Å². The van der Waals surface area contributed by atoms with Crippen molar-refractivity contribution in [2.24, 2.45) is 0 Å². The lowest BCUT2D eigenvalue weighted by atomic mass is 9.74. The highest BCUT2D eigenvalue weighted by molar-refractivity contribution is 6.00. The fourth-order valence-corrected chi connectivity index (χ4v) is 5.46. The lowest BCUT2D eigenvalue weighted by Crippen LogP contribution is -2.52. The maximum Gasteiger partial charge on any atom is 0.307 e. The first-order valence-corrected chi connectivity index (χ1v) is 13.5. The number of aromatic nitrogens is 2. The molecular formula is C33H33N3O3. The van der Waals surface area contributed by atoms with Gasteiger partial charge in [-0.1, -0.05) is 91.0 Å². The zero-order valence-electron chi connectivity index (χ0n) is 22.2. The topological polar surface area (TPSA) is 64.4 Å². The molecule has 1 fully saturated rings. The molecule has 4 aromatic rings. The molecule has 39 heavy (non-hydrogen) atoms. The number of rotatable bonds is 9. The molecule has 1 aromatic heterocycles. The van der Waals surface area contributed by atoms with Crippen LogP contribution in [-0.4, -0.2) is 46.1 Å². The molecule has 0 spiro atoms. The van der Waals surface area contributed by atoms with Crippen LogP contribution in [-0.2, 0) is 26.4 Å². The van der Waals surface area contributed by atoms with Crippen molar-refractivity contribution in [2.75, 3.05) is 19.7 Å². The first-order valence-electron chi connectivity index (χ1n) is 13.5. The number of piperidine rings is 1. The second kappa shape index (κ2) is 12.0. The van der Waals surface area contributed by atoms with Crippen molar-refractivity contribution >= 4 is 17.8 Å². The molecule has 2 heterocycles. The molecule has 198 valence electrons. The summed E-state index contributed by atoms with van der Waals surface area (Å²) in [5.41, 5.74) is 4.30. The molecule has 0 unspecified atom stereocenters. The monoisotopic (exact) mass is 519 g/mol. The number of benzene rings is 3. The smallest absolute Gasteiger partial charge is 0.307 e. The van der Waals surface area contributed by atoms with Crippen molar-refractivity contribution in [2.45, 2.75) is 31.8 Å². The first-order chi connectivity index (χ1) is 19.1. The summed E-state index contributed by atoms with van der Waals surface area (Å²) in [6, 6.07) is 33.5. The minimum absolute atomic E-state index is 0.135. The van der Waals surface area contributed by atoms with Crippen LogP contribution < -0.4 is 0 Å². The third-order valence-corrected chi connectivity index (χ3v) is 7.21. The molecule has 6 heteroatoms. The van der Waals surface area contributed by atoms with E-state index in [-0.39, 0.29) is 18.2 Å². The SMILES string of the molecule is CCOC(=O)CCn1ccc(/C=C2/CN(C(c3ccccc3)(c3ccccc3)c3ccccc3)CCC2=O)n1. The Balaban J connectivity index is 1.53. The molecule has 0 aliphatic carbocycles. The largest absolute Gasteiger partial charge is 0.466 e. The Morgan fingerprint density at radius 2 is 1.46 bits per heavy atom. The maximum absolute atomic E-state index is 13.2. The maximum atomic E-state index is 13.2. The van der Waals surface area contributed by atoms with Gasteiger partial charge in [0.1, 0.15) is 0 Å². The van der Waals surface area contributed by atoms with Crippen LogP contribution in [0.25, 0.3) is 6.08 Å². The Morgan fingerprint density at radius 3 is 2.00 bits per heavy atom. The normalized spacial score (nSPS) is 15.4. The Labute approximate surface area is 229 Å². The highest BCUT2D eigenvalue weighted by Gasteiger charge is 2.44. The Bertz CT molecular complexity index is 1330. The van der Waals surface area contributed by atoms with E-state index in [2.05, 4.69) is 82.8 Å². The molecule has 0 amide bonds. The van der Waals surface area contributed by atoms with E-state index in [9.17, 15) is 9.59 Å². The number of carbonyl (C=O) groups excluding carboxylic acids is 2. The van der Waals surface area contributed by atoms with Gasteiger partial charge in [0.15, 0.2) is 5.78 Å². The molecule has 0 atom stereocenters. The van der Waals surface area contributed by atoms with Crippen LogP contribution in [0, 0.1) is 0 Å². The summed E-state index contributed by atoms with van der Waals surface area (Å²) in [5, 5.41) is 4.59. The van der Waals surface area contributed by atoms with Gasteiger partial charge in [-0.05, 0) is 35.8 Å². The molecule has 6 nitrogen and oxygen atoms in total. The lowest BCUT2D eigenvalue weighted by molar-refractivity contribution is -0.143. The van der Waals surface area contributed by atoms with Crippen molar-refractivity contribution in [1.29, 1.82) is 0 Å². The fraction of sp³-hybridized carbons (Fsp3) is 0.242. The predicted octanol–water partition coefficient (Wildman–Crippen LogP) is 5.49. The minimum Gasteiger partial charge on any atom is -0.466 e. The summed E-state index contributed by atoms with van der Waals surface area (Å²) in [4.78, 5) is 27.3. The molecule has 0 bridgehead atoms. The number of ether oxygens (including phenoxy) is 1. The number of hydrogen-bond acceptors (Lipinski definition) is 5. The van der Waals surface area contributed by atoms with E-state index < -0.39 is 5.54 Å². The zero-order valence-corrected chi connectivity index (χ0v) is 22.2. The number of likely N-dealkylation sites (tertiary alicyclic amines) is 1. The Hall–Kier alpha value is -4.29. The first kappa shape index (κ1) is 26.3. The molecule has 5 rings (SSSR count). The lowest BCUT2D eigenvalue weighted by Gasteiger charge is -2.47. The standard InChI is InChI=1S/C33H33N3O3/c1-2-39-32(38)20-23-36-22-18-30(34-36)24-26-25-35(21-19-31(26)37)33(27-12-6-3-7-13-27,28-14-8-4-9-15-28)29-16-10-5-11-17-29/h3-18,22,24H,2,19-21,23,25H2,1H3/b26-24-. The number of hydrogen-bond donors (Lipinski definition) is 0. The molecule has 1 saturated heterocycles. The second-order valence-corrected chi connectivity index (χ2v) is 9.63. The fourth-order valence-electron chi connectivity index (χ4n) is 5.46. The average molecular weight is 520 g/mol. The van der Waals surface area contributed by atoms with E-state index in [1.807, 2.05) is 36.5 Å². The minimum atomic E-state index is -0.581. The number of aryl methyl sites for hydroxylation is 1. The average Bonchev–Trinajstić information content (AvgIpc) is 3.43. The van der Waals surface area contributed by atoms with E-state index in [0.29, 0.717) is 38.4 Å². The van der Waals surface area contributed by atoms with Crippen LogP contribution in [0.4, 0.5) is 0 Å². The van der Waals surface area contributed by atoms with Gasteiger partial charge in [-0.3, -0.25) is 19.2 Å². The number of Topliss-reactive ketones (excluding diaryl/α,β-unsaturated/α-hetero) is 1. The van der Waals surface area contributed by atoms with E-state index in [0.717, 1.165) is 22.3 Å². The van der Waals surface area contributed by atoms with E-state index >= 15 is 0 Å². The van der Waals surface area contributed by atoms with Gasteiger partial charge in [0.25, 0.3) is 0 Å². The van der Waals surface area contributed by atoms with Gasteiger partial charge in [0.2, 0.25) is 0 Å². The molecule has 1 aliphatic heterocycles. The summed E-state index contributed by atoms with van der Waals surface area (Å²) in [5.74, 6) is -0.111. The van der Waals surface area contributed by atoms with Crippen molar-refractivity contribution in [3.63, 3.8) is 0 Å². The molecule has 3 aromatic carbocycles. The third kappa shape index (κ3) is 5.61. The van der Waals surface area contributed by atoms with Gasteiger partial charge < -0.3 is 4.74 Å². The highest BCUT2D eigenvalue weighted by atomic mass is 16.5. The summed E-state index contributed by atoms with van der Waals surface area (Å²) < 4.78 is 6.74. The number of nitrogens with zero attached hydrogens (tertiary/aromatic N) is 3. The van der Waals surface area contributed by atoms with Crippen LogP contribution in [0.5, 0.6) is 0 Å². The summed E-state index contributed by atoms with van der Waals surface area (Å²) in [6.07, 6.45) is 4.40. The molecule has 0 N–H and O–H groups in total. The second-order valence-electron chi connectivity index (χ2n) is 9.63. The van der Waals surface area contributed by atoms with Gasteiger partial charge in [0, 0.05) is 31.3 Å². The highest BCUT2D eigenvalue weighted by Crippen LogP contribution is 2.43. The van der Waals surface area contributed by atoms with E-state index in [4.69, 9.17) is 4.74 Å². The molecule has 0 radical (unpaired) electrons. The predicted molar refractivity (Wildman–Crippen MR) is 152 cm³/mol. The Morgan fingerprint density at radius 1 is 0.897 bits per heavy atom. The number of carbonyl (C=O) groups is 2. The summed E-state index contributed by atoms with van der Waals surface area (Å²) in [7, 11) is 0. The van der Waals surface area contributed by atoms with E-state index in [1.54, 1.807) is 11.6 Å². The third-order valence-electron chi connectivity index (χ3n) is 7.21. The van der Waals surface area contributed by atoms with Crippen LogP contribution >= 0.6 is 0 Å². The van der Waals surface area contributed by atoms with E-state index in [1.165, 1.54) is 0 Å². The molecule has 1 aliphatic rings. The molecule has 0 saturated carbocycles. The van der Waals surface area contributed by atoms with Gasteiger partial charge >= 0.3 is 5.97 Å². The number of ketones is 1. The van der Waals surface area contributed by atoms with Crippen LogP contribution in [0.15, 0.2) is 109 Å². The van der Waals surface area contributed by atoms with Gasteiger partial charge in [0.05, 0.1) is 30.8 Å². The van der Waals surface area contributed by atoms with Gasteiger partial charge in [-0.15, -0.1) is 0 Å².